The molecule has 1 aliphatic heterocycles. The van der Waals surface area contributed by atoms with Gasteiger partial charge in [0.2, 0.25) is 0 Å². The lowest BCUT2D eigenvalue weighted by molar-refractivity contribution is 0.0673. The third-order valence-corrected chi connectivity index (χ3v) is 3.87. The first-order valence-electron chi connectivity index (χ1n) is 6.48. The summed E-state index contributed by atoms with van der Waals surface area (Å²) in [6.45, 7) is 0.681. The zero-order valence-electron chi connectivity index (χ0n) is 10.2. The van der Waals surface area contributed by atoms with Gasteiger partial charge in [0.15, 0.2) is 5.69 Å². The van der Waals surface area contributed by atoms with Gasteiger partial charge in [0.05, 0.1) is 24.0 Å². The van der Waals surface area contributed by atoms with E-state index in [1.165, 1.54) is 0 Å². The first kappa shape index (κ1) is 11.5. The normalized spacial score (nSPS) is 23.6. The number of nitrogens with two attached hydrogens (primary N) is 1. The highest BCUT2D eigenvalue weighted by molar-refractivity contribution is 5.98. The minimum atomic E-state index is -0.160. The minimum Gasteiger partial charge on any atom is -0.395 e. The lowest BCUT2D eigenvalue weighted by Crippen LogP contribution is -2.38. The Balaban J connectivity index is 1.83. The fourth-order valence-electron chi connectivity index (χ4n) is 2.64. The molecule has 18 heavy (non-hydrogen) atoms. The van der Waals surface area contributed by atoms with Crippen molar-refractivity contribution < 1.29 is 9.90 Å². The van der Waals surface area contributed by atoms with Crippen molar-refractivity contribution in [1.82, 2.24) is 15.1 Å². The molecule has 4 N–H and O–H groups in total. The Bertz CT molecular complexity index is 467. The molecule has 1 aliphatic carbocycles. The van der Waals surface area contributed by atoms with Crippen molar-refractivity contribution >= 4 is 11.6 Å². The van der Waals surface area contributed by atoms with E-state index in [-0.39, 0.29) is 18.6 Å². The van der Waals surface area contributed by atoms with Gasteiger partial charge in [-0.1, -0.05) is 0 Å². The molecule has 2 heterocycles. The summed E-state index contributed by atoms with van der Waals surface area (Å²) in [7, 11) is 0. The van der Waals surface area contributed by atoms with Gasteiger partial charge < -0.3 is 15.7 Å². The second-order valence-corrected chi connectivity index (χ2v) is 5.15. The number of carbonyl (C=O) groups is 1. The van der Waals surface area contributed by atoms with Gasteiger partial charge >= 0.3 is 0 Å². The van der Waals surface area contributed by atoms with Crippen molar-refractivity contribution in [2.75, 3.05) is 18.9 Å². The maximum atomic E-state index is 12.3. The van der Waals surface area contributed by atoms with Crippen LogP contribution in [0, 0.1) is 0 Å². The number of anilines is 1. The largest absolute Gasteiger partial charge is 0.395 e. The molecule has 1 saturated carbocycles. The molecule has 1 aromatic rings. The number of rotatable bonds is 3. The number of nitrogen functional groups attached to an aromatic ring is 1. The van der Waals surface area contributed by atoms with Crippen LogP contribution in [-0.2, 0) is 0 Å². The van der Waals surface area contributed by atoms with Crippen LogP contribution in [0.15, 0.2) is 0 Å². The average Bonchev–Trinajstić information content (AvgIpc) is 2.97. The molecule has 1 saturated heterocycles. The van der Waals surface area contributed by atoms with Gasteiger partial charge in [-0.05, 0) is 25.7 Å². The fraction of sp³-hybridized carbons (Fsp3) is 0.667. The molecule has 6 nitrogen and oxygen atoms in total. The molecule has 0 radical (unpaired) electrons. The number of aliphatic hydroxyl groups excluding tert-OH is 1. The molecule has 6 heteroatoms. The van der Waals surface area contributed by atoms with E-state index >= 15 is 0 Å². The van der Waals surface area contributed by atoms with E-state index in [1.807, 2.05) is 0 Å². The monoisotopic (exact) mass is 250 g/mol. The van der Waals surface area contributed by atoms with E-state index in [0.717, 1.165) is 31.4 Å². The lowest BCUT2D eigenvalue weighted by Gasteiger charge is -2.22. The number of hydrogen-bond acceptors (Lipinski definition) is 4. The number of carbonyl (C=O) groups excluding carboxylic acids is 1. The van der Waals surface area contributed by atoms with Crippen molar-refractivity contribution in [2.45, 2.75) is 37.6 Å². The summed E-state index contributed by atoms with van der Waals surface area (Å²) < 4.78 is 0. The molecule has 98 valence electrons. The smallest absolute Gasteiger partial charge is 0.276 e. The van der Waals surface area contributed by atoms with Crippen LogP contribution >= 0.6 is 0 Å². The van der Waals surface area contributed by atoms with Crippen molar-refractivity contribution in [3.8, 4) is 0 Å². The molecule has 1 amide bonds. The van der Waals surface area contributed by atoms with Crippen LogP contribution in [0.25, 0.3) is 0 Å². The lowest BCUT2D eigenvalue weighted by atomic mass is 10.2. The predicted molar refractivity (Wildman–Crippen MR) is 66.1 cm³/mol. The Morgan fingerprint density at radius 3 is 2.94 bits per heavy atom. The Labute approximate surface area is 105 Å². The number of nitrogens with one attached hydrogen (secondary N) is 1. The standard InChI is InChI=1S/C12H18N4O2/c13-9-10(7-3-4-7)14-15-11(9)12(18)16-5-1-2-8(16)6-17/h7-8,17H,1-6,13H2,(H,14,15). The van der Waals surface area contributed by atoms with E-state index in [9.17, 15) is 9.90 Å². The molecular formula is C12H18N4O2. The SMILES string of the molecule is Nc1c(C(=O)N2CCCC2CO)n[nH]c1C1CC1. The molecule has 2 fully saturated rings. The number of likely N-dealkylation sites (tertiary alicyclic amines) is 1. The zero-order valence-corrected chi connectivity index (χ0v) is 10.2. The number of aromatic nitrogens is 2. The first-order chi connectivity index (χ1) is 8.72. The highest BCUT2D eigenvalue weighted by atomic mass is 16.3. The Kier molecular flexibility index (Phi) is 2.74. The molecule has 0 bridgehead atoms. The fourth-order valence-corrected chi connectivity index (χ4v) is 2.64. The topological polar surface area (TPSA) is 95.2 Å². The van der Waals surface area contributed by atoms with Gasteiger partial charge in [-0.15, -0.1) is 0 Å². The summed E-state index contributed by atoms with van der Waals surface area (Å²) in [5.74, 6) is 0.290. The van der Waals surface area contributed by atoms with Gasteiger partial charge in [0.1, 0.15) is 0 Å². The van der Waals surface area contributed by atoms with E-state index in [4.69, 9.17) is 5.73 Å². The number of hydrogen-bond donors (Lipinski definition) is 3. The zero-order chi connectivity index (χ0) is 12.7. The van der Waals surface area contributed by atoms with Gasteiger partial charge in [-0.25, -0.2) is 0 Å². The Morgan fingerprint density at radius 2 is 2.28 bits per heavy atom. The Morgan fingerprint density at radius 1 is 1.50 bits per heavy atom. The summed E-state index contributed by atoms with van der Waals surface area (Å²) >= 11 is 0. The number of nitrogens with zero attached hydrogens (tertiary/aromatic N) is 2. The number of aromatic amines is 1. The van der Waals surface area contributed by atoms with Crippen LogP contribution in [0.4, 0.5) is 5.69 Å². The van der Waals surface area contributed by atoms with Crippen LogP contribution in [0.1, 0.15) is 47.8 Å². The molecule has 2 aliphatic rings. The molecule has 1 atom stereocenters. The highest BCUT2D eigenvalue weighted by Gasteiger charge is 2.34. The first-order valence-corrected chi connectivity index (χ1v) is 6.48. The van der Waals surface area contributed by atoms with Crippen LogP contribution < -0.4 is 5.73 Å². The van der Waals surface area contributed by atoms with E-state index < -0.39 is 0 Å². The second kappa shape index (κ2) is 4.28. The summed E-state index contributed by atoms with van der Waals surface area (Å²) in [4.78, 5) is 14.0. The molecule has 1 unspecified atom stereocenters. The van der Waals surface area contributed by atoms with Crippen molar-refractivity contribution in [3.63, 3.8) is 0 Å². The number of H-pyrrole nitrogens is 1. The summed E-state index contributed by atoms with van der Waals surface area (Å²) in [6.07, 6.45) is 4.00. The number of aliphatic hydroxyl groups is 1. The maximum Gasteiger partial charge on any atom is 0.276 e. The van der Waals surface area contributed by atoms with Crippen LogP contribution in [-0.4, -0.2) is 45.3 Å². The van der Waals surface area contributed by atoms with Gasteiger partial charge in [-0.3, -0.25) is 9.89 Å². The molecule has 0 spiro atoms. The molecular weight excluding hydrogens is 232 g/mol. The third-order valence-electron chi connectivity index (χ3n) is 3.87. The average molecular weight is 250 g/mol. The number of amides is 1. The third kappa shape index (κ3) is 1.77. The van der Waals surface area contributed by atoms with E-state index in [1.54, 1.807) is 4.90 Å². The van der Waals surface area contributed by atoms with E-state index in [0.29, 0.717) is 23.8 Å². The maximum absolute atomic E-state index is 12.3. The quantitative estimate of drug-likeness (QED) is 0.726. The highest BCUT2D eigenvalue weighted by Crippen LogP contribution is 2.42. The van der Waals surface area contributed by atoms with Gasteiger partial charge in [-0.2, -0.15) is 5.10 Å². The van der Waals surface area contributed by atoms with Crippen molar-refractivity contribution in [2.24, 2.45) is 0 Å². The van der Waals surface area contributed by atoms with Crippen LogP contribution in [0.2, 0.25) is 0 Å². The predicted octanol–water partition coefficient (Wildman–Crippen LogP) is 0.466. The van der Waals surface area contributed by atoms with Crippen LogP contribution in [0.3, 0.4) is 0 Å². The van der Waals surface area contributed by atoms with Crippen LogP contribution in [0.5, 0.6) is 0 Å². The summed E-state index contributed by atoms with van der Waals surface area (Å²) in [6, 6.07) is -0.0852. The molecule has 1 aromatic heterocycles. The molecule has 0 aromatic carbocycles. The van der Waals surface area contributed by atoms with Crippen molar-refractivity contribution in [3.05, 3.63) is 11.4 Å². The molecule has 3 rings (SSSR count). The van der Waals surface area contributed by atoms with Gasteiger partial charge in [0, 0.05) is 12.5 Å². The summed E-state index contributed by atoms with van der Waals surface area (Å²) in [5, 5.41) is 16.2. The van der Waals surface area contributed by atoms with Gasteiger partial charge in [0.25, 0.3) is 5.91 Å². The van der Waals surface area contributed by atoms with E-state index in [2.05, 4.69) is 10.2 Å². The minimum absolute atomic E-state index is 0.00551. The second-order valence-electron chi connectivity index (χ2n) is 5.15. The van der Waals surface area contributed by atoms with Crippen molar-refractivity contribution in [1.29, 1.82) is 0 Å². The Hall–Kier alpha value is -1.56. The summed E-state index contributed by atoms with van der Waals surface area (Å²) in [5.41, 5.74) is 7.71.